The Morgan fingerprint density at radius 3 is 2.05 bits per heavy atom. The molecule has 2 atom stereocenters. The van der Waals surface area contributed by atoms with Gasteiger partial charge in [0.25, 0.3) is 0 Å². The number of ketones is 1. The first-order valence-electron chi connectivity index (χ1n) is 5.67. The van der Waals surface area contributed by atoms with Gasteiger partial charge in [-0.1, -0.05) is 6.92 Å². The molecule has 6 nitrogen and oxygen atoms in total. The average Bonchev–Trinajstić information content (AvgIpc) is 2.35. The molecule has 0 saturated carbocycles. The highest BCUT2D eigenvalue weighted by Gasteiger charge is 2.32. The minimum atomic E-state index is -1.29. The van der Waals surface area contributed by atoms with E-state index in [0.717, 1.165) is 0 Å². The summed E-state index contributed by atoms with van der Waals surface area (Å²) < 4.78 is 0. The zero-order valence-electron chi connectivity index (χ0n) is 10.4. The van der Waals surface area contributed by atoms with Gasteiger partial charge in [-0.25, -0.2) is 0 Å². The molecule has 1 rings (SSSR count). The Hall–Kier alpha value is -2.37. The minimum Gasteiger partial charge on any atom is -0.481 e. The summed E-state index contributed by atoms with van der Waals surface area (Å²) in [7, 11) is 0. The summed E-state index contributed by atoms with van der Waals surface area (Å²) in [6, 6.07) is 6.04. The van der Waals surface area contributed by atoms with Crippen molar-refractivity contribution in [2.24, 2.45) is 11.8 Å². The molecule has 0 aromatic heterocycles. The van der Waals surface area contributed by atoms with Gasteiger partial charge in [0.2, 0.25) is 0 Å². The standard InChI is InChI=1S/C13H15NO5/c1-7(12(16)17)10(13(18)19)6-11(15)8-2-4-9(14)5-3-8/h2-5,7,10H,6,14H2,1H3,(H,16,17)(H,18,19). The highest BCUT2D eigenvalue weighted by Crippen LogP contribution is 2.20. The van der Waals surface area contributed by atoms with E-state index >= 15 is 0 Å². The van der Waals surface area contributed by atoms with Crippen LogP contribution in [-0.2, 0) is 9.59 Å². The molecule has 0 spiro atoms. The van der Waals surface area contributed by atoms with Crippen LogP contribution < -0.4 is 5.73 Å². The zero-order chi connectivity index (χ0) is 14.6. The quantitative estimate of drug-likeness (QED) is 0.526. The third-order valence-corrected chi connectivity index (χ3v) is 2.95. The second kappa shape index (κ2) is 5.99. The highest BCUT2D eigenvalue weighted by molar-refractivity contribution is 5.98. The maximum absolute atomic E-state index is 11.9. The van der Waals surface area contributed by atoms with Gasteiger partial charge in [0.1, 0.15) is 0 Å². The number of carboxylic acid groups (broad SMARTS) is 2. The fourth-order valence-corrected chi connectivity index (χ4v) is 1.64. The van der Waals surface area contributed by atoms with E-state index in [9.17, 15) is 14.4 Å². The number of Topliss-reactive ketones (excluding diaryl/α,β-unsaturated/α-hetero) is 1. The van der Waals surface area contributed by atoms with Crippen LogP contribution in [0.25, 0.3) is 0 Å². The summed E-state index contributed by atoms with van der Waals surface area (Å²) in [5.74, 6) is -5.32. The van der Waals surface area contributed by atoms with Crippen molar-refractivity contribution in [2.75, 3.05) is 5.73 Å². The van der Waals surface area contributed by atoms with Crippen molar-refractivity contribution in [1.29, 1.82) is 0 Å². The van der Waals surface area contributed by atoms with E-state index in [2.05, 4.69) is 0 Å². The van der Waals surface area contributed by atoms with Crippen LogP contribution in [0.3, 0.4) is 0 Å². The molecule has 0 amide bonds. The van der Waals surface area contributed by atoms with Gasteiger partial charge in [0.05, 0.1) is 11.8 Å². The number of hydrogen-bond donors (Lipinski definition) is 3. The van der Waals surface area contributed by atoms with Gasteiger partial charge in [-0.2, -0.15) is 0 Å². The second-order valence-electron chi connectivity index (χ2n) is 4.32. The lowest BCUT2D eigenvalue weighted by Crippen LogP contribution is -2.29. The smallest absolute Gasteiger partial charge is 0.307 e. The van der Waals surface area contributed by atoms with Crippen LogP contribution in [0.1, 0.15) is 23.7 Å². The summed E-state index contributed by atoms with van der Waals surface area (Å²) in [4.78, 5) is 33.7. The number of benzene rings is 1. The van der Waals surface area contributed by atoms with Crippen molar-refractivity contribution < 1.29 is 24.6 Å². The molecule has 0 heterocycles. The Balaban J connectivity index is 2.85. The summed E-state index contributed by atoms with van der Waals surface area (Å²) >= 11 is 0. The maximum Gasteiger partial charge on any atom is 0.307 e. The second-order valence-corrected chi connectivity index (χ2v) is 4.32. The fraction of sp³-hybridized carbons (Fsp3) is 0.308. The van der Waals surface area contributed by atoms with Crippen LogP contribution in [0.4, 0.5) is 5.69 Å². The Labute approximate surface area is 109 Å². The van der Waals surface area contributed by atoms with Gasteiger partial charge in [-0.15, -0.1) is 0 Å². The van der Waals surface area contributed by atoms with Crippen LogP contribution in [-0.4, -0.2) is 27.9 Å². The number of anilines is 1. The number of carbonyl (C=O) groups excluding carboxylic acids is 1. The number of rotatable bonds is 6. The number of nitrogens with two attached hydrogens (primary N) is 1. The maximum atomic E-state index is 11.9. The Bertz CT molecular complexity index is 494. The van der Waals surface area contributed by atoms with Crippen molar-refractivity contribution in [3.05, 3.63) is 29.8 Å². The normalized spacial score (nSPS) is 13.5. The van der Waals surface area contributed by atoms with Crippen LogP contribution in [0.15, 0.2) is 24.3 Å². The number of carboxylic acids is 2. The summed E-state index contributed by atoms with van der Waals surface area (Å²) in [5.41, 5.74) is 6.29. The predicted molar refractivity (Wildman–Crippen MR) is 67.7 cm³/mol. The highest BCUT2D eigenvalue weighted by atomic mass is 16.4. The van der Waals surface area contributed by atoms with Crippen molar-refractivity contribution in [2.45, 2.75) is 13.3 Å². The van der Waals surface area contributed by atoms with E-state index < -0.39 is 29.6 Å². The lowest BCUT2D eigenvalue weighted by atomic mass is 9.88. The molecule has 0 fully saturated rings. The molecule has 0 bridgehead atoms. The molecular formula is C13H15NO5. The molecule has 1 aromatic carbocycles. The van der Waals surface area contributed by atoms with Gasteiger partial charge in [0.15, 0.2) is 5.78 Å². The Kier molecular flexibility index (Phi) is 4.63. The molecule has 1 aromatic rings. The van der Waals surface area contributed by atoms with Crippen molar-refractivity contribution in [3.8, 4) is 0 Å². The van der Waals surface area contributed by atoms with Crippen LogP contribution in [0, 0.1) is 11.8 Å². The van der Waals surface area contributed by atoms with E-state index in [4.69, 9.17) is 15.9 Å². The Morgan fingerprint density at radius 1 is 1.11 bits per heavy atom. The van der Waals surface area contributed by atoms with E-state index in [1.807, 2.05) is 0 Å². The monoisotopic (exact) mass is 265 g/mol. The van der Waals surface area contributed by atoms with E-state index in [-0.39, 0.29) is 6.42 Å². The molecule has 6 heteroatoms. The summed E-state index contributed by atoms with van der Waals surface area (Å²) in [6.07, 6.45) is -0.354. The molecule has 4 N–H and O–H groups in total. The van der Waals surface area contributed by atoms with E-state index in [1.165, 1.54) is 31.2 Å². The topological polar surface area (TPSA) is 118 Å². The number of aliphatic carboxylic acids is 2. The molecule has 0 radical (unpaired) electrons. The average molecular weight is 265 g/mol. The summed E-state index contributed by atoms with van der Waals surface area (Å²) in [5, 5.41) is 17.8. The van der Waals surface area contributed by atoms with Crippen molar-refractivity contribution in [3.63, 3.8) is 0 Å². The molecule has 0 aliphatic carbocycles. The first kappa shape index (κ1) is 14.7. The molecular weight excluding hydrogens is 250 g/mol. The molecule has 102 valence electrons. The fourth-order valence-electron chi connectivity index (χ4n) is 1.64. The van der Waals surface area contributed by atoms with Crippen LogP contribution >= 0.6 is 0 Å². The van der Waals surface area contributed by atoms with Gasteiger partial charge >= 0.3 is 11.9 Å². The SMILES string of the molecule is CC(C(=O)O)C(CC(=O)c1ccc(N)cc1)C(=O)O. The van der Waals surface area contributed by atoms with Crippen LogP contribution in [0.5, 0.6) is 0 Å². The van der Waals surface area contributed by atoms with Gasteiger partial charge < -0.3 is 15.9 Å². The molecule has 2 unspecified atom stereocenters. The van der Waals surface area contributed by atoms with Gasteiger partial charge in [-0.3, -0.25) is 14.4 Å². The number of carbonyl (C=O) groups is 3. The van der Waals surface area contributed by atoms with E-state index in [0.29, 0.717) is 11.3 Å². The zero-order valence-corrected chi connectivity index (χ0v) is 10.4. The molecule has 0 saturated heterocycles. The lowest BCUT2D eigenvalue weighted by molar-refractivity contribution is -0.152. The number of hydrogen-bond acceptors (Lipinski definition) is 4. The van der Waals surface area contributed by atoms with Crippen molar-refractivity contribution in [1.82, 2.24) is 0 Å². The third kappa shape index (κ3) is 3.80. The predicted octanol–water partition coefficient (Wildman–Crippen LogP) is 1.26. The summed E-state index contributed by atoms with van der Waals surface area (Å²) in [6.45, 7) is 1.28. The minimum absolute atomic E-state index is 0.318. The number of nitrogen functional groups attached to an aromatic ring is 1. The van der Waals surface area contributed by atoms with E-state index in [1.54, 1.807) is 0 Å². The molecule has 19 heavy (non-hydrogen) atoms. The van der Waals surface area contributed by atoms with Crippen molar-refractivity contribution >= 4 is 23.4 Å². The molecule has 0 aliphatic rings. The van der Waals surface area contributed by atoms with Crippen LogP contribution in [0.2, 0.25) is 0 Å². The van der Waals surface area contributed by atoms with Gasteiger partial charge in [-0.05, 0) is 24.3 Å². The lowest BCUT2D eigenvalue weighted by Gasteiger charge is -2.15. The van der Waals surface area contributed by atoms with Gasteiger partial charge in [0, 0.05) is 17.7 Å². The largest absolute Gasteiger partial charge is 0.481 e. The third-order valence-electron chi connectivity index (χ3n) is 2.95. The first-order valence-corrected chi connectivity index (χ1v) is 5.67. The molecule has 0 aliphatic heterocycles. The Morgan fingerprint density at radius 2 is 1.63 bits per heavy atom. The first-order chi connectivity index (χ1) is 8.82.